The van der Waals surface area contributed by atoms with Crippen LogP contribution in [0, 0.1) is 10.1 Å². The van der Waals surface area contributed by atoms with Gasteiger partial charge in [-0.1, -0.05) is 11.5 Å². The molecule has 0 saturated carbocycles. The van der Waals surface area contributed by atoms with Gasteiger partial charge in [0.1, 0.15) is 7.85 Å². The standard InChI is InChI=1S/C8H6BNO4/c1-14-8(11)6-4-5(10(12)13)2-3-7(6)9/h2-4H,1H3. The van der Waals surface area contributed by atoms with Crippen LogP contribution in [0.25, 0.3) is 0 Å². The number of nitro groups is 1. The van der Waals surface area contributed by atoms with Crippen molar-refractivity contribution in [3.63, 3.8) is 0 Å². The zero-order valence-corrected chi connectivity index (χ0v) is 7.39. The van der Waals surface area contributed by atoms with Gasteiger partial charge in [0.2, 0.25) is 0 Å². The van der Waals surface area contributed by atoms with E-state index in [2.05, 4.69) is 4.74 Å². The molecule has 0 aliphatic heterocycles. The molecule has 6 heteroatoms. The molecule has 0 bridgehead atoms. The highest BCUT2D eigenvalue weighted by Gasteiger charge is 2.13. The van der Waals surface area contributed by atoms with Crippen molar-refractivity contribution in [3.05, 3.63) is 33.9 Å². The van der Waals surface area contributed by atoms with Crippen LogP contribution in [0.2, 0.25) is 0 Å². The smallest absolute Gasteiger partial charge is 0.337 e. The minimum Gasteiger partial charge on any atom is -0.465 e. The second-order valence-electron chi connectivity index (χ2n) is 2.52. The van der Waals surface area contributed by atoms with Crippen molar-refractivity contribution in [2.75, 3.05) is 7.11 Å². The predicted octanol–water partition coefficient (Wildman–Crippen LogP) is 0.175. The largest absolute Gasteiger partial charge is 0.465 e. The van der Waals surface area contributed by atoms with Gasteiger partial charge in [-0.2, -0.15) is 0 Å². The topological polar surface area (TPSA) is 69.4 Å². The Morgan fingerprint density at radius 1 is 1.57 bits per heavy atom. The maximum atomic E-state index is 11.1. The maximum absolute atomic E-state index is 11.1. The van der Waals surface area contributed by atoms with Crippen LogP contribution in [-0.4, -0.2) is 25.8 Å². The number of carbonyl (C=O) groups is 1. The van der Waals surface area contributed by atoms with Crippen molar-refractivity contribution in [2.45, 2.75) is 0 Å². The SMILES string of the molecule is [B]c1ccc([N+](=O)[O-])cc1C(=O)OC. The molecule has 0 aromatic heterocycles. The number of nitrogens with zero attached hydrogens (tertiary/aromatic N) is 1. The normalized spacial score (nSPS) is 9.50. The minimum absolute atomic E-state index is 0.00157. The van der Waals surface area contributed by atoms with Crippen LogP contribution in [0.3, 0.4) is 0 Å². The Kier molecular flexibility index (Phi) is 2.86. The summed E-state index contributed by atoms with van der Waals surface area (Å²) in [5.74, 6) is -0.689. The molecule has 0 N–H and O–H groups in total. The number of methoxy groups -OCH3 is 1. The van der Waals surface area contributed by atoms with Gasteiger partial charge in [0.25, 0.3) is 5.69 Å². The van der Waals surface area contributed by atoms with Crippen molar-refractivity contribution in [2.24, 2.45) is 0 Å². The van der Waals surface area contributed by atoms with Crippen LogP contribution in [0.1, 0.15) is 10.4 Å². The van der Waals surface area contributed by atoms with Gasteiger partial charge in [-0.25, -0.2) is 4.79 Å². The molecule has 0 spiro atoms. The molecule has 5 nitrogen and oxygen atoms in total. The van der Waals surface area contributed by atoms with Crippen LogP contribution in [-0.2, 0) is 4.74 Å². The number of nitro benzene ring substituents is 1. The third kappa shape index (κ3) is 1.90. The summed E-state index contributed by atoms with van der Waals surface area (Å²) in [7, 11) is 6.62. The first-order chi connectivity index (χ1) is 6.56. The van der Waals surface area contributed by atoms with Crippen molar-refractivity contribution in [1.82, 2.24) is 0 Å². The van der Waals surface area contributed by atoms with E-state index in [0.717, 1.165) is 6.07 Å². The van der Waals surface area contributed by atoms with Crippen molar-refractivity contribution in [3.8, 4) is 0 Å². The monoisotopic (exact) mass is 191 g/mol. The molecule has 1 aromatic rings. The van der Waals surface area contributed by atoms with Crippen LogP contribution < -0.4 is 5.46 Å². The fraction of sp³-hybridized carbons (Fsp3) is 0.125. The lowest BCUT2D eigenvalue weighted by Crippen LogP contribution is -2.17. The van der Waals surface area contributed by atoms with Gasteiger partial charge >= 0.3 is 5.97 Å². The van der Waals surface area contributed by atoms with Gasteiger partial charge in [-0.05, 0) is 0 Å². The highest BCUT2D eigenvalue weighted by atomic mass is 16.6. The Bertz CT molecular complexity index is 391. The first kappa shape index (κ1) is 10.2. The molecule has 0 unspecified atom stereocenters. The van der Waals surface area contributed by atoms with E-state index >= 15 is 0 Å². The summed E-state index contributed by atoms with van der Waals surface area (Å²) in [5, 5.41) is 10.4. The van der Waals surface area contributed by atoms with Crippen LogP contribution in [0.4, 0.5) is 5.69 Å². The number of esters is 1. The van der Waals surface area contributed by atoms with E-state index in [0.29, 0.717) is 0 Å². The van der Waals surface area contributed by atoms with E-state index in [9.17, 15) is 14.9 Å². The molecule has 14 heavy (non-hydrogen) atoms. The number of hydrogen-bond acceptors (Lipinski definition) is 4. The fourth-order valence-corrected chi connectivity index (χ4v) is 0.945. The quantitative estimate of drug-likeness (QED) is 0.289. The predicted molar refractivity (Wildman–Crippen MR) is 49.8 cm³/mol. The number of benzene rings is 1. The average molecular weight is 191 g/mol. The molecule has 0 heterocycles. The van der Waals surface area contributed by atoms with E-state index in [1.54, 1.807) is 0 Å². The number of non-ortho nitro benzene ring substituents is 1. The summed E-state index contributed by atoms with van der Waals surface area (Å²) in [6.45, 7) is 0. The molecule has 70 valence electrons. The van der Waals surface area contributed by atoms with Gasteiger partial charge in [-0.3, -0.25) is 10.1 Å². The van der Waals surface area contributed by atoms with Crippen molar-refractivity contribution in [1.29, 1.82) is 0 Å². The molecule has 0 amide bonds. The minimum atomic E-state index is -0.689. The highest BCUT2D eigenvalue weighted by molar-refractivity contribution is 6.36. The fourth-order valence-electron chi connectivity index (χ4n) is 0.945. The van der Waals surface area contributed by atoms with Crippen LogP contribution in [0.5, 0.6) is 0 Å². The Hall–Kier alpha value is -1.85. The van der Waals surface area contributed by atoms with Crippen molar-refractivity contribution < 1.29 is 14.5 Å². The molecule has 1 rings (SSSR count). The zero-order valence-electron chi connectivity index (χ0n) is 7.39. The summed E-state index contributed by atoms with van der Waals surface area (Å²) in [6, 6.07) is 3.60. The Balaban J connectivity index is 3.21. The van der Waals surface area contributed by atoms with Gasteiger partial charge in [0.15, 0.2) is 0 Å². The van der Waals surface area contributed by atoms with Crippen LogP contribution in [0.15, 0.2) is 18.2 Å². The van der Waals surface area contributed by atoms with Crippen molar-refractivity contribution >= 4 is 25.0 Å². The number of ether oxygens (including phenoxy) is 1. The van der Waals surface area contributed by atoms with Gasteiger partial charge in [0.05, 0.1) is 17.6 Å². The van der Waals surface area contributed by atoms with E-state index in [1.165, 1.54) is 19.2 Å². The molecular formula is C8H6BNO4. The second kappa shape index (κ2) is 3.91. The first-order valence-electron chi connectivity index (χ1n) is 3.68. The highest BCUT2D eigenvalue weighted by Crippen LogP contribution is 2.11. The Morgan fingerprint density at radius 2 is 2.21 bits per heavy atom. The molecule has 0 atom stereocenters. The van der Waals surface area contributed by atoms with E-state index in [-0.39, 0.29) is 16.7 Å². The molecule has 0 aliphatic carbocycles. The lowest BCUT2D eigenvalue weighted by Gasteiger charge is -2.02. The first-order valence-corrected chi connectivity index (χ1v) is 3.68. The molecule has 0 saturated heterocycles. The average Bonchev–Trinajstić information content (AvgIpc) is 2.17. The lowest BCUT2D eigenvalue weighted by atomic mass is 9.90. The summed E-state index contributed by atoms with van der Waals surface area (Å²) in [6.07, 6.45) is 0. The second-order valence-corrected chi connectivity index (χ2v) is 2.52. The summed E-state index contributed by atoms with van der Waals surface area (Å²) >= 11 is 0. The lowest BCUT2D eigenvalue weighted by molar-refractivity contribution is -0.384. The maximum Gasteiger partial charge on any atom is 0.337 e. The summed E-state index contributed by atoms with van der Waals surface area (Å²) in [5.41, 5.74) is -0.0382. The number of hydrogen-bond donors (Lipinski definition) is 0. The summed E-state index contributed by atoms with van der Waals surface area (Å²) in [4.78, 5) is 20.9. The number of carbonyl (C=O) groups excluding carboxylic acids is 1. The van der Waals surface area contributed by atoms with Gasteiger partial charge in [0, 0.05) is 12.1 Å². The third-order valence-electron chi connectivity index (χ3n) is 1.65. The zero-order chi connectivity index (χ0) is 10.7. The Labute approximate surface area is 81.2 Å². The molecular weight excluding hydrogens is 185 g/mol. The Morgan fingerprint density at radius 3 is 2.71 bits per heavy atom. The van der Waals surface area contributed by atoms with Gasteiger partial charge in [-0.15, -0.1) is 0 Å². The van der Waals surface area contributed by atoms with E-state index < -0.39 is 10.9 Å². The third-order valence-corrected chi connectivity index (χ3v) is 1.65. The van der Waals surface area contributed by atoms with Gasteiger partial charge < -0.3 is 4.74 Å². The molecule has 0 fully saturated rings. The van der Waals surface area contributed by atoms with E-state index in [1.807, 2.05) is 0 Å². The number of rotatable bonds is 2. The molecule has 2 radical (unpaired) electrons. The van der Waals surface area contributed by atoms with Crippen LogP contribution >= 0.6 is 0 Å². The molecule has 0 aliphatic rings. The summed E-state index contributed by atoms with van der Waals surface area (Å²) < 4.78 is 4.41. The molecule has 1 aromatic carbocycles. The van der Waals surface area contributed by atoms with E-state index in [4.69, 9.17) is 7.85 Å².